The molecule has 0 heterocycles. The second kappa shape index (κ2) is 6.15. The molecule has 5 heteroatoms. The molecule has 0 rings (SSSR count). The molecule has 5 nitrogen and oxygen atoms in total. The largest absolute Gasteiger partial charge is 0.464 e. The van der Waals surface area contributed by atoms with Crippen LogP contribution in [0.25, 0.3) is 0 Å². The third kappa shape index (κ3) is 4.04. The van der Waals surface area contributed by atoms with Crippen molar-refractivity contribution in [1.29, 1.82) is 0 Å². The van der Waals surface area contributed by atoms with Crippen molar-refractivity contribution in [3.05, 3.63) is 12.7 Å². The molecule has 0 aliphatic carbocycles. The van der Waals surface area contributed by atoms with Gasteiger partial charge >= 0.3 is 5.97 Å². The van der Waals surface area contributed by atoms with Crippen LogP contribution >= 0.6 is 0 Å². The maximum Gasteiger partial charge on any atom is 0.332 e. The van der Waals surface area contributed by atoms with Crippen LogP contribution in [0.4, 0.5) is 0 Å². The number of hydrogen-bond donors (Lipinski definition) is 2. The zero-order valence-electron chi connectivity index (χ0n) is 8.45. The van der Waals surface area contributed by atoms with Crippen LogP contribution in [0.1, 0.15) is 13.8 Å². The molecule has 80 valence electrons. The molecule has 1 amide bonds. The number of rotatable bonds is 5. The molecule has 0 aromatic rings. The van der Waals surface area contributed by atoms with E-state index in [0.717, 1.165) is 0 Å². The zero-order chi connectivity index (χ0) is 11.1. The van der Waals surface area contributed by atoms with E-state index in [4.69, 9.17) is 5.73 Å². The van der Waals surface area contributed by atoms with E-state index >= 15 is 0 Å². The fourth-order valence-electron chi connectivity index (χ4n) is 0.712. The van der Waals surface area contributed by atoms with E-state index in [2.05, 4.69) is 16.6 Å². The van der Waals surface area contributed by atoms with E-state index < -0.39 is 17.9 Å². The highest BCUT2D eigenvalue weighted by molar-refractivity contribution is 6.01. The van der Waals surface area contributed by atoms with Crippen LogP contribution in [-0.2, 0) is 14.3 Å². The average molecular weight is 200 g/mol. The number of nitrogens with two attached hydrogens (primary N) is 1. The van der Waals surface area contributed by atoms with Crippen molar-refractivity contribution in [1.82, 2.24) is 5.32 Å². The summed E-state index contributed by atoms with van der Waals surface area (Å²) < 4.78 is 4.59. The third-order valence-corrected chi connectivity index (χ3v) is 1.55. The van der Waals surface area contributed by atoms with Crippen LogP contribution < -0.4 is 11.1 Å². The van der Waals surface area contributed by atoms with Crippen LogP contribution in [0.5, 0.6) is 0 Å². The van der Waals surface area contributed by atoms with Gasteiger partial charge in [0.1, 0.15) is 0 Å². The van der Waals surface area contributed by atoms with E-state index in [9.17, 15) is 9.59 Å². The minimum atomic E-state index is -1.27. The van der Waals surface area contributed by atoms with Crippen LogP contribution in [0.2, 0.25) is 0 Å². The van der Waals surface area contributed by atoms with Gasteiger partial charge < -0.3 is 15.8 Å². The number of esters is 1. The predicted octanol–water partition coefficient (Wildman–Crippen LogP) is -0.432. The molecule has 2 unspecified atom stereocenters. The summed E-state index contributed by atoms with van der Waals surface area (Å²) in [6, 6.07) is -1.49. The summed E-state index contributed by atoms with van der Waals surface area (Å²) in [7, 11) is 0. The molecule has 0 bridgehead atoms. The molecular weight excluding hydrogens is 184 g/mol. The zero-order valence-corrected chi connectivity index (χ0v) is 8.45. The molecule has 0 fully saturated rings. The summed E-state index contributed by atoms with van der Waals surface area (Å²) in [5.74, 6) is -1.28. The lowest BCUT2D eigenvalue weighted by Gasteiger charge is -2.13. The highest BCUT2D eigenvalue weighted by Gasteiger charge is 2.23. The molecule has 0 aliphatic heterocycles. The van der Waals surface area contributed by atoms with Crippen molar-refractivity contribution < 1.29 is 14.3 Å². The van der Waals surface area contributed by atoms with Crippen molar-refractivity contribution in [3.63, 3.8) is 0 Å². The number of ether oxygens (including phenoxy) is 1. The first-order chi connectivity index (χ1) is 6.52. The Hall–Kier alpha value is -1.36. The molecule has 0 saturated carbocycles. The monoisotopic (exact) mass is 200 g/mol. The molecule has 0 saturated heterocycles. The Morgan fingerprint density at radius 1 is 1.64 bits per heavy atom. The maximum atomic E-state index is 11.2. The number of carbonyl (C=O) groups is 2. The van der Waals surface area contributed by atoms with Gasteiger partial charge in [0.05, 0.1) is 6.61 Å². The van der Waals surface area contributed by atoms with E-state index in [0.29, 0.717) is 0 Å². The second-order valence-corrected chi connectivity index (χ2v) is 2.76. The maximum absolute atomic E-state index is 11.2. The Labute approximate surface area is 83.3 Å². The van der Waals surface area contributed by atoms with Gasteiger partial charge in [0.2, 0.25) is 5.91 Å². The first-order valence-electron chi connectivity index (χ1n) is 4.38. The van der Waals surface area contributed by atoms with Gasteiger partial charge in [-0.1, -0.05) is 6.08 Å². The summed E-state index contributed by atoms with van der Waals surface area (Å²) in [6.07, 6.45) is 1.54. The van der Waals surface area contributed by atoms with Gasteiger partial charge in [-0.05, 0) is 13.8 Å². The van der Waals surface area contributed by atoms with Gasteiger partial charge in [0.25, 0.3) is 0 Å². The fraction of sp³-hybridized carbons (Fsp3) is 0.556. The van der Waals surface area contributed by atoms with Gasteiger partial charge in [0, 0.05) is 6.04 Å². The van der Waals surface area contributed by atoms with Crippen molar-refractivity contribution in [2.45, 2.75) is 25.9 Å². The first-order valence-corrected chi connectivity index (χ1v) is 4.38. The Bertz CT molecular complexity index is 228. The van der Waals surface area contributed by atoms with Crippen LogP contribution in [0, 0.1) is 0 Å². The number of carbonyl (C=O) groups excluding carboxylic acids is 2. The van der Waals surface area contributed by atoms with Crippen molar-refractivity contribution >= 4 is 11.9 Å². The minimum Gasteiger partial charge on any atom is -0.464 e. The quantitative estimate of drug-likeness (QED) is 0.358. The molecule has 0 radical (unpaired) electrons. The van der Waals surface area contributed by atoms with E-state index in [1.54, 1.807) is 13.8 Å². The van der Waals surface area contributed by atoms with Gasteiger partial charge in [-0.15, -0.1) is 6.58 Å². The van der Waals surface area contributed by atoms with Crippen LogP contribution in [-0.4, -0.2) is 30.6 Å². The third-order valence-electron chi connectivity index (χ3n) is 1.55. The van der Waals surface area contributed by atoms with Crippen LogP contribution in [0.15, 0.2) is 12.7 Å². The molecular formula is C9H16N2O3. The molecule has 3 N–H and O–H groups in total. The van der Waals surface area contributed by atoms with E-state index in [-0.39, 0.29) is 12.6 Å². The Morgan fingerprint density at radius 3 is 2.64 bits per heavy atom. The first kappa shape index (κ1) is 12.6. The minimum absolute atomic E-state index is 0.205. The Kier molecular flexibility index (Phi) is 5.55. The summed E-state index contributed by atoms with van der Waals surface area (Å²) in [6.45, 7) is 7.06. The SMILES string of the molecule is C=CC(C)NC(=O)C(N)C(=O)OCC. The molecule has 0 spiro atoms. The van der Waals surface area contributed by atoms with Crippen molar-refractivity contribution in [2.24, 2.45) is 5.73 Å². The van der Waals surface area contributed by atoms with Gasteiger partial charge in [0.15, 0.2) is 6.04 Å². The van der Waals surface area contributed by atoms with Gasteiger partial charge in [-0.25, -0.2) is 4.79 Å². The van der Waals surface area contributed by atoms with Crippen molar-refractivity contribution in [2.75, 3.05) is 6.61 Å². The number of hydrogen-bond acceptors (Lipinski definition) is 4. The summed E-state index contributed by atoms with van der Waals surface area (Å²) >= 11 is 0. The summed E-state index contributed by atoms with van der Waals surface area (Å²) in [5, 5.41) is 2.49. The number of amides is 1. The molecule has 0 aromatic heterocycles. The molecule has 2 atom stereocenters. The normalized spacial score (nSPS) is 13.9. The van der Waals surface area contributed by atoms with E-state index in [1.165, 1.54) is 6.08 Å². The summed E-state index contributed by atoms with van der Waals surface area (Å²) in [5.41, 5.74) is 5.33. The fourth-order valence-corrected chi connectivity index (χ4v) is 0.712. The standard InChI is InChI=1S/C9H16N2O3/c1-4-6(3)11-8(12)7(10)9(13)14-5-2/h4,6-7H,1,5,10H2,2-3H3,(H,11,12). The predicted molar refractivity (Wildman–Crippen MR) is 52.4 cm³/mol. The highest BCUT2D eigenvalue weighted by Crippen LogP contribution is 1.89. The Morgan fingerprint density at radius 2 is 2.21 bits per heavy atom. The van der Waals surface area contributed by atoms with E-state index in [1.807, 2.05) is 0 Å². The Balaban J connectivity index is 4.11. The van der Waals surface area contributed by atoms with Gasteiger partial charge in [-0.2, -0.15) is 0 Å². The smallest absolute Gasteiger partial charge is 0.332 e. The van der Waals surface area contributed by atoms with Gasteiger partial charge in [-0.3, -0.25) is 4.79 Å². The lowest BCUT2D eigenvalue weighted by atomic mass is 10.2. The molecule has 0 aromatic carbocycles. The average Bonchev–Trinajstić information content (AvgIpc) is 2.16. The molecule has 0 aliphatic rings. The summed E-state index contributed by atoms with van der Waals surface area (Å²) in [4.78, 5) is 22.3. The lowest BCUT2D eigenvalue weighted by Crippen LogP contribution is -2.49. The van der Waals surface area contributed by atoms with Crippen molar-refractivity contribution in [3.8, 4) is 0 Å². The van der Waals surface area contributed by atoms with Crippen LogP contribution in [0.3, 0.4) is 0 Å². The lowest BCUT2D eigenvalue weighted by molar-refractivity contribution is -0.148. The molecule has 14 heavy (non-hydrogen) atoms. The second-order valence-electron chi connectivity index (χ2n) is 2.76. The topological polar surface area (TPSA) is 81.4 Å². The number of nitrogens with one attached hydrogen (secondary N) is 1. The highest BCUT2D eigenvalue weighted by atomic mass is 16.5.